The lowest BCUT2D eigenvalue weighted by molar-refractivity contribution is 0.113. The molecule has 0 aromatic heterocycles. The van der Waals surface area contributed by atoms with Crippen LogP contribution < -0.4 is 5.32 Å². The molecule has 3 heteroatoms. The standard InChI is InChI=1S/C13H23NOS.C2H6/c1-4-6-11(2)10-16-12(3)14-9-13-7-5-8-15-13;1-2/h10,13-14H,3-9H2,1-2H3;1-2H3/b11-10-;. The van der Waals surface area contributed by atoms with Crippen LogP contribution >= 0.6 is 11.8 Å². The van der Waals surface area contributed by atoms with Crippen molar-refractivity contribution in [3.05, 3.63) is 22.6 Å². The number of thioether (sulfide) groups is 1. The molecular weight excluding hydrogens is 242 g/mol. The molecule has 1 rings (SSSR count). The summed E-state index contributed by atoms with van der Waals surface area (Å²) in [6.45, 7) is 14.2. The van der Waals surface area contributed by atoms with Gasteiger partial charge in [0.25, 0.3) is 0 Å². The Morgan fingerprint density at radius 1 is 1.50 bits per heavy atom. The maximum Gasteiger partial charge on any atom is 0.0748 e. The maximum absolute atomic E-state index is 5.54. The second-order valence-electron chi connectivity index (χ2n) is 4.27. The lowest BCUT2D eigenvalue weighted by Gasteiger charge is -2.12. The topological polar surface area (TPSA) is 21.3 Å². The third-order valence-corrected chi connectivity index (χ3v) is 3.55. The van der Waals surface area contributed by atoms with E-state index in [-0.39, 0.29) is 0 Å². The average Bonchev–Trinajstić information content (AvgIpc) is 2.90. The Morgan fingerprint density at radius 2 is 2.22 bits per heavy atom. The van der Waals surface area contributed by atoms with Crippen LogP contribution in [-0.4, -0.2) is 19.3 Å². The van der Waals surface area contributed by atoms with E-state index in [0.29, 0.717) is 6.10 Å². The first-order chi connectivity index (χ1) is 8.72. The van der Waals surface area contributed by atoms with Crippen LogP contribution in [-0.2, 0) is 4.74 Å². The fourth-order valence-corrected chi connectivity index (χ4v) is 2.33. The highest BCUT2D eigenvalue weighted by molar-refractivity contribution is 8.05. The van der Waals surface area contributed by atoms with Gasteiger partial charge in [0.2, 0.25) is 0 Å². The van der Waals surface area contributed by atoms with E-state index >= 15 is 0 Å². The lowest BCUT2D eigenvalue weighted by atomic mass is 10.2. The summed E-state index contributed by atoms with van der Waals surface area (Å²) in [6.07, 6.45) is 5.14. The lowest BCUT2D eigenvalue weighted by Crippen LogP contribution is -2.24. The van der Waals surface area contributed by atoms with Crippen molar-refractivity contribution >= 4 is 11.8 Å². The summed E-state index contributed by atoms with van der Waals surface area (Å²) in [4.78, 5) is 0. The second kappa shape index (κ2) is 11.7. The van der Waals surface area contributed by atoms with Crippen molar-refractivity contribution in [1.29, 1.82) is 0 Å². The van der Waals surface area contributed by atoms with Crippen LogP contribution in [0.4, 0.5) is 0 Å². The van der Waals surface area contributed by atoms with Crippen LogP contribution in [0.5, 0.6) is 0 Å². The van der Waals surface area contributed by atoms with Gasteiger partial charge >= 0.3 is 0 Å². The third kappa shape index (κ3) is 8.65. The van der Waals surface area contributed by atoms with Gasteiger partial charge < -0.3 is 10.1 Å². The van der Waals surface area contributed by atoms with Gasteiger partial charge in [-0.3, -0.25) is 0 Å². The molecule has 1 saturated heterocycles. The summed E-state index contributed by atoms with van der Waals surface area (Å²) in [6, 6.07) is 0. The summed E-state index contributed by atoms with van der Waals surface area (Å²) in [5, 5.41) is 6.53. The highest BCUT2D eigenvalue weighted by Crippen LogP contribution is 2.18. The van der Waals surface area contributed by atoms with Gasteiger partial charge in [-0.05, 0) is 31.6 Å². The minimum Gasteiger partial charge on any atom is -0.377 e. The van der Waals surface area contributed by atoms with Crippen LogP contribution in [0, 0.1) is 0 Å². The van der Waals surface area contributed by atoms with E-state index in [4.69, 9.17) is 4.74 Å². The molecule has 18 heavy (non-hydrogen) atoms. The van der Waals surface area contributed by atoms with Gasteiger partial charge in [0.15, 0.2) is 0 Å². The first-order valence-electron chi connectivity index (χ1n) is 7.09. The van der Waals surface area contributed by atoms with Crippen LogP contribution in [0.1, 0.15) is 53.4 Å². The van der Waals surface area contributed by atoms with Crippen LogP contribution in [0.2, 0.25) is 0 Å². The Hall–Kier alpha value is -0.410. The number of hydrogen-bond acceptors (Lipinski definition) is 3. The minimum atomic E-state index is 0.387. The number of hydrogen-bond donors (Lipinski definition) is 1. The molecule has 106 valence electrons. The van der Waals surface area contributed by atoms with E-state index in [9.17, 15) is 0 Å². The van der Waals surface area contributed by atoms with Gasteiger partial charge in [-0.2, -0.15) is 0 Å². The van der Waals surface area contributed by atoms with Crippen molar-refractivity contribution in [3.63, 3.8) is 0 Å². The molecule has 0 aliphatic carbocycles. The molecule has 1 heterocycles. The van der Waals surface area contributed by atoms with E-state index in [1.165, 1.54) is 31.3 Å². The van der Waals surface area contributed by atoms with Gasteiger partial charge in [0, 0.05) is 13.2 Å². The van der Waals surface area contributed by atoms with E-state index in [1.807, 2.05) is 13.8 Å². The summed E-state index contributed by atoms with van der Waals surface area (Å²) in [7, 11) is 0. The Bertz CT molecular complexity index is 245. The molecule has 1 N–H and O–H groups in total. The van der Waals surface area contributed by atoms with Crippen LogP contribution in [0.3, 0.4) is 0 Å². The smallest absolute Gasteiger partial charge is 0.0748 e. The fourth-order valence-electron chi connectivity index (χ4n) is 1.70. The van der Waals surface area contributed by atoms with Crippen LogP contribution in [0.15, 0.2) is 22.6 Å². The average molecular weight is 271 g/mol. The zero-order valence-electron chi connectivity index (χ0n) is 12.4. The predicted molar refractivity (Wildman–Crippen MR) is 83.7 cm³/mol. The molecule has 0 aromatic carbocycles. The van der Waals surface area contributed by atoms with Crippen molar-refractivity contribution in [2.75, 3.05) is 13.2 Å². The van der Waals surface area contributed by atoms with Crippen molar-refractivity contribution in [3.8, 4) is 0 Å². The second-order valence-corrected chi connectivity index (χ2v) is 5.24. The molecule has 1 unspecified atom stereocenters. The Labute approximate surface area is 117 Å². The van der Waals surface area contributed by atoms with E-state index in [2.05, 4.69) is 31.2 Å². The molecule has 1 atom stereocenters. The minimum absolute atomic E-state index is 0.387. The molecular formula is C15H29NOS. The van der Waals surface area contributed by atoms with Gasteiger partial charge in [-0.25, -0.2) is 0 Å². The molecule has 1 aliphatic heterocycles. The zero-order valence-corrected chi connectivity index (χ0v) is 13.2. The number of allylic oxidation sites excluding steroid dienone is 1. The monoisotopic (exact) mass is 271 g/mol. The number of nitrogens with one attached hydrogen (secondary N) is 1. The van der Waals surface area contributed by atoms with Gasteiger partial charge in [0.1, 0.15) is 0 Å². The quantitative estimate of drug-likeness (QED) is 0.726. The summed E-state index contributed by atoms with van der Waals surface area (Å²) >= 11 is 1.68. The maximum atomic E-state index is 5.54. The predicted octanol–water partition coefficient (Wildman–Crippen LogP) is 4.69. The van der Waals surface area contributed by atoms with Gasteiger partial charge in [-0.1, -0.05) is 51.1 Å². The molecule has 0 saturated carbocycles. The highest BCUT2D eigenvalue weighted by atomic mass is 32.2. The van der Waals surface area contributed by atoms with E-state index in [0.717, 1.165) is 18.2 Å². The summed E-state index contributed by atoms with van der Waals surface area (Å²) < 4.78 is 5.54. The Kier molecular flexibility index (Phi) is 11.4. The van der Waals surface area contributed by atoms with Crippen molar-refractivity contribution in [2.24, 2.45) is 0 Å². The molecule has 0 amide bonds. The normalized spacial score (nSPS) is 19.1. The van der Waals surface area contributed by atoms with Gasteiger partial charge in [-0.15, -0.1) is 0 Å². The van der Waals surface area contributed by atoms with Crippen molar-refractivity contribution in [1.82, 2.24) is 5.32 Å². The summed E-state index contributed by atoms with van der Waals surface area (Å²) in [5.74, 6) is 0. The zero-order chi connectivity index (χ0) is 13.8. The van der Waals surface area contributed by atoms with Crippen molar-refractivity contribution < 1.29 is 4.74 Å². The SMILES string of the molecule is C=C(NCC1CCCO1)S/C=C(/C)CCC.CC. The molecule has 0 bridgehead atoms. The third-order valence-electron chi connectivity index (χ3n) is 2.60. The first-order valence-corrected chi connectivity index (χ1v) is 7.97. The highest BCUT2D eigenvalue weighted by Gasteiger charge is 2.14. The fraction of sp³-hybridized carbons (Fsp3) is 0.733. The van der Waals surface area contributed by atoms with E-state index < -0.39 is 0 Å². The van der Waals surface area contributed by atoms with Crippen molar-refractivity contribution in [2.45, 2.75) is 59.5 Å². The first kappa shape index (κ1) is 17.6. The van der Waals surface area contributed by atoms with Crippen LogP contribution in [0.25, 0.3) is 0 Å². The number of rotatable bonds is 7. The molecule has 2 nitrogen and oxygen atoms in total. The van der Waals surface area contributed by atoms with E-state index in [1.54, 1.807) is 11.8 Å². The number of ether oxygens (including phenoxy) is 1. The molecule has 1 fully saturated rings. The molecule has 0 spiro atoms. The largest absolute Gasteiger partial charge is 0.377 e. The molecule has 1 aliphatic rings. The Morgan fingerprint density at radius 3 is 2.78 bits per heavy atom. The molecule has 0 radical (unpaired) electrons. The Balaban J connectivity index is 0.00000137. The van der Waals surface area contributed by atoms with Gasteiger partial charge in [0.05, 0.1) is 11.1 Å². The summed E-state index contributed by atoms with van der Waals surface area (Å²) in [5.41, 5.74) is 1.42. The molecule has 0 aromatic rings.